The Bertz CT molecular complexity index is 357. The quantitative estimate of drug-likeness (QED) is 0.674. The average Bonchev–Trinajstić information content (AvgIpc) is 2.33. The number of hydrogen-bond acceptors (Lipinski definition) is 3. The molecule has 0 bridgehead atoms. The van der Waals surface area contributed by atoms with E-state index in [0.29, 0.717) is 0 Å². The molecule has 50 valence electrons. The van der Waals surface area contributed by atoms with E-state index >= 15 is 0 Å². The second kappa shape index (κ2) is 2.29. The van der Waals surface area contributed by atoms with E-state index in [1.54, 1.807) is 23.0 Å². The number of halogens is 1. The van der Waals surface area contributed by atoms with Crippen molar-refractivity contribution >= 4 is 37.6 Å². The van der Waals surface area contributed by atoms with Crippen LogP contribution in [0.4, 0.5) is 0 Å². The second-order valence-electron chi connectivity index (χ2n) is 1.83. The standard InChI is InChI=1S/C6H3BrN2S/c7-4-1-5-6(8-2-4)10-3-9-5/h1-3H. The van der Waals surface area contributed by atoms with Crippen LogP contribution in [0.2, 0.25) is 0 Å². The van der Waals surface area contributed by atoms with Crippen molar-refractivity contribution in [3.05, 3.63) is 22.2 Å². The summed E-state index contributed by atoms with van der Waals surface area (Å²) >= 11 is 4.87. The first-order chi connectivity index (χ1) is 4.86. The molecular formula is C6H3BrN2S. The van der Waals surface area contributed by atoms with Crippen molar-refractivity contribution in [1.29, 1.82) is 0 Å². The Hall–Kier alpha value is -0.480. The predicted octanol–water partition coefficient (Wildman–Crippen LogP) is 2.45. The third kappa shape index (κ3) is 0.932. The van der Waals surface area contributed by atoms with Gasteiger partial charge in [-0.3, -0.25) is 0 Å². The number of rotatable bonds is 0. The van der Waals surface area contributed by atoms with Crippen LogP contribution in [-0.2, 0) is 0 Å². The van der Waals surface area contributed by atoms with E-state index in [-0.39, 0.29) is 0 Å². The molecule has 2 heterocycles. The predicted molar refractivity (Wildman–Crippen MR) is 45.1 cm³/mol. The van der Waals surface area contributed by atoms with Crippen molar-refractivity contribution in [3.8, 4) is 0 Å². The lowest BCUT2D eigenvalue weighted by Crippen LogP contribution is -1.71. The topological polar surface area (TPSA) is 25.8 Å². The van der Waals surface area contributed by atoms with Crippen LogP contribution >= 0.6 is 27.3 Å². The first-order valence-corrected chi connectivity index (χ1v) is 4.38. The number of aromatic nitrogens is 2. The molecule has 2 aromatic rings. The zero-order valence-corrected chi connectivity index (χ0v) is 7.32. The van der Waals surface area contributed by atoms with E-state index < -0.39 is 0 Å². The van der Waals surface area contributed by atoms with Crippen LogP contribution in [-0.4, -0.2) is 9.97 Å². The average molecular weight is 215 g/mol. The molecular weight excluding hydrogens is 212 g/mol. The summed E-state index contributed by atoms with van der Waals surface area (Å²) in [6.07, 6.45) is 1.78. The zero-order valence-electron chi connectivity index (χ0n) is 4.91. The second-order valence-corrected chi connectivity index (χ2v) is 3.58. The Morgan fingerprint density at radius 3 is 3.20 bits per heavy atom. The molecule has 0 radical (unpaired) electrons. The van der Waals surface area contributed by atoms with Crippen molar-refractivity contribution in [1.82, 2.24) is 9.97 Å². The van der Waals surface area contributed by atoms with E-state index in [1.807, 2.05) is 6.07 Å². The highest BCUT2D eigenvalue weighted by Crippen LogP contribution is 2.18. The van der Waals surface area contributed by atoms with Crippen LogP contribution in [0.1, 0.15) is 0 Å². The van der Waals surface area contributed by atoms with Crippen molar-refractivity contribution in [2.75, 3.05) is 0 Å². The lowest BCUT2D eigenvalue weighted by atomic mass is 10.5. The van der Waals surface area contributed by atoms with Crippen LogP contribution in [0.3, 0.4) is 0 Å². The highest BCUT2D eigenvalue weighted by molar-refractivity contribution is 9.10. The van der Waals surface area contributed by atoms with Crippen LogP contribution < -0.4 is 0 Å². The molecule has 0 aliphatic rings. The zero-order chi connectivity index (χ0) is 6.97. The Morgan fingerprint density at radius 2 is 2.30 bits per heavy atom. The number of fused-ring (bicyclic) bond motifs is 1. The molecule has 2 rings (SSSR count). The fourth-order valence-corrected chi connectivity index (χ4v) is 1.66. The fourth-order valence-electron chi connectivity index (χ4n) is 0.732. The molecule has 0 unspecified atom stereocenters. The lowest BCUT2D eigenvalue weighted by Gasteiger charge is -1.86. The molecule has 0 saturated heterocycles. The van der Waals surface area contributed by atoms with Crippen molar-refractivity contribution in [2.45, 2.75) is 0 Å². The Morgan fingerprint density at radius 1 is 1.40 bits per heavy atom. The van der Waals surface area contributed by atoms with E-state index in [1.165, 1.54) is 0 Å². The molecule has 0 spiro atoms. The monoisotopic (exact) mass is 214 g/mol. The molecule has 0 atom stereocenters. The maximum Gasteiger partial charge on any atom is 0.143 e. The number of nitrogens with zero attached hydrogens (tertiary/aromatic N) is 2. The SMILES string of the molecule is Brc1cnc2scnc2c1. The van der Waals surface area contributed by atoms with E-state index in [9.17, 15) is 0 Å². The maximum absolute atomic E-state index is 4.15. The van der Waals surface area contributed by atoms with Crippen LogP contribution in [0.15, 0.2) is 22.2 Å². The molecule has 0 N–H and O–H groups in total. The number of thiazole rings is 1. The summed E-state index contributed by atoms with van der Waals surface area (Å²) in [6, 6.07) is 1.96. The van der Waals surface area contributed by atoms with Crippen molar-refractivity contribution in [3.63, 3.8) is 0 Å². The first kappa shape index (κ1) is 6.24. The number of hydrogen-bond donors (Lipinski definition) is 0. The smallest absolute Gasteiger partial charge is 0.143 e. The third-order valence-electron chi connectivity index (χ3n) is 1.15. The molecule has 0 saturated carbocycles. The van der Waals surface area contributed by atoms with Gasteiger partial charge in [-0.2, -0.15) is 0 Å². The van der Waals surface area contributed by atoms with Gasteiger partial charge < -0.3 is 0 Å². The van der Waals surface area contributed by atoms with Crippen LogP contribution in [0.25, 0.3) is 10.3 Å². The van der Waals surface area contributed by atoms with E-state index in [4.69, 9.17) is 0 Å². The van der Waals surface area contributed by atoms with E-state index in [2.05, 4.69) is 25.9 Å². The molecule has 10 heavy (non-hydrogen) atoms. The van der Waals surface area contributed by atoms with Gasteiger partial charge in [0.1, 0.15) is 10.3 Å². The van der Waals surface area contributed by atoms with Crippen molar-refractivity contribution in [2.24, 2.45) is 0 Å². The Balaban J connectivity index is 2.86. The summed E-state index contributed by atoms with van der Waals surface area (Å²) in [5, 5.41) is 0. The molecule has 0 aliphatic heterocycles. The third-order valence-corrected chi connectivity index (χ3v) is 2.34. The van der Waals surface area contributed by atoms with Gasteiger partial charge in [-0.1, -0.05) is 0 Å². The summed E-state index contributed by atoms with van der Waals surface area (Å²) in [5.41, 5.74) is 2.75. The molecule has 2 aromatic heterocycles. The minimum Gasteiger partial charge on any atom is -0.243 e. The van der Waals surface area contributed by atoms with Gasteiger partial charge in [-0.15, -0.1) is 11.3 Å². The Labute approximate surface area is 70.1 Å². The fraction of sp³-hybridized carbons (Fsp3) is 0. The highest BCUT2D eigenvalue weighted by Gasteiger charge is 1.96. The minimum absolute atomic E-state index is 0.958. The minimum atomic E-state index is 0.958. The lowest BCUT2D eigenvalue weighted by molar-refractivity contribution is 1.39. The van der Waals surface area contributed by atoms with Gasteiger partial charge in [0.05, 0.1) is 5.51 Å². The normalized spacial score (nSPS) is 10.5. The summed E-state index contributed by atoms with van der Waals surface area (Å²) < 4.78 is 0.978. The van der Waals surface area contributed by atoms with Gasteiger partial charge in [-0.05, 0) is 22.0 Å². The van der Waals surface area contributed by atoms with E-state index in [0.717, 1.165) is 14.8 Å². The largest absolute Gasteiger partial charge is 0.243 e. The van der Waals surface area contributed by atoms with Gasteiger partial charge in [-0.25, -0.2) is 9.97 Å². The molecule has 0 amide bonds. The molecule has 0 aliphatic carbocycles. The van der Waals surface area contributed by atoms with Crippen molar-refractivity contribution < 1.29 is 0 Å². The molecule has 0 aromatic carbocycles. The van der Waals surface area contributed by atoms with Gasteiger partial charge in [0.2, 0.25) is 0 Å². The summed E-state index contributed by atoms with van der Waals surface area (Å²) in [5.74, 6) is 0. The maximum atomic E-state index is 4.15. The van der Waals surface area contributed by atoms with Gasteiger partial charge in [0.25, 0.3) is 0 Å². The first-order valence-electron chi connectivity index (χ1n) is 2.71. The molecule has 4 heteroatoms. The van der Waals surface area contributed by atoms with Crippen LogP contribution in [0.5, 0.6) is 0 Å². The number of pyridine rings is 1. The summed E-state index contributed by atoms with van der Waals surface area (Å²) in [7, 11) is 0. The van der Waals surface area contributed by atoms with Crippen LogP contribution in [0, 0.1) is 0 Å². The molecule has 0 fully saturated rings. The van der Waals surface area contributed by atoms with Gasteiger partial charge >= 0.3 is 0 Å². The summed E-state index contributed by atoms with van der Waals surface area (Å²) in [6.45, 7) is 0. The Kier molecular flexibility index (Phi) is 1.43. The van der Waals surface area contributed by atoms with Gasteiger partial charge in [0.15, 0.2) is 0 Å². The summed E-state index contributed by atoms with van der Waals surface area (Å²) in [4.78, 5) is 9.24. The van der Waals surface area contributed by atoms with Gasteiger partial charge in [0, 0.05) is 10.7 Å². The highest BCUT2D eigenvalue weighted by atomic mass is 79.9. The molecule has 2 nitrogen and oxygen atoms in total.